The summed E-state index contributed by atoms with van der Waals surface area (Å²) in [6.07, 6.45) is 22.9. The minimum Gasteiger partial charge on any atom is -0.0654 e. The Labute approximate surface area is 130 Å². The average Bonchev–Trinajstić information content (AvgIpc) is 2.46. The van der Waals surface area contributed by atoms with Gasteiger partial charge in [0.15, 0.2) is 0 Å². The van der Waals surface area contributed by atoms with Crippen LogP contribution in [0.2, 0.25) is 0 Å². The Morgan fingerprint density at radius 2 is 0.800 bits per heavy atom. The van der Waals surface area contributed by atoms with Crippen molar-refractivity contribution in [3.05, 3.63) is 5.92 Å². The van der Waals surface area contributed by atoms with Gasteiger partial charge in [-0.05, 0) is 25.2 Å². The first-order valence-electron chi connectivity index (χ1n) is 9.68. The van der Waals surface area contributed by atoms with Crippen LogP contribution in [0.5, 0.6) is 0 Å². The van der Waals surface area contributed by atoms with Crippen molar-refractivity contribution in [3.63, 3.8) is 0 Å². The third-order valence-corrected chi connectivity index (χ3v) is 4.37. The molecule has 121 valence electrons. The molecule has 0 bridgehead atoms. The fourth-order valence-electron chi connectivity index (χ4n) is 3.04. The second-order valence-electron chi connectivity index (χ2n) is 6.54. The molecule has 0 fully saturated rings. The van der Waals surface area contributed by atoms with E-state index in [1.165, 1.54) is 103 Å². The molecule has 0 atom stereocenters. The zero-order valence-corrected chi connectivity index (χ0v) is 14.8. The highest BCUT2D eigenvalue weighted by Crippen LogP contribution is 2.25. The van der Waals surface area contributed by atoms with E-state index in [4.69, 9.17) is 0 Å². The molecule has 0 N–H and O–H groups in total. The van der Waals surface area contributed by atoms with E-state index in [1.807, 2.05) is 5.92 Å². The molecule has 0 nitrogen and oxygen atoms in total. The normalized spacial score (nSPS) is 11.4. The Balaban J connectivity index is 3.45. The second-order valence-corrected chi connectivity index (χ2v) is 6.54. The summed E-state index contributed by atoms with van der Waals surface area (Å²) in [6, 6.07) is 0. The van der Waals surface area contributed by atoms with Crippen molar-refractivity contribution < 1.29 is 0 Å². The molecule has 0 spiro atoms. The van der Waals surface area contributed by atoms with Crippen molar-refractivity contribution in [2.45, 2.75) is 124 Å². The summed E-state index contributed by atoms with van der Waals surface area (Å²) in [5.41, 5.74) is 0. The fraction of sp³-hybridized carbons (Fsp3) is 0.950. The molecule has 0 aromatic heterocycles. The Bertz CT molecular complexity index is 145. The lowest BCUT2D eigenvalue weighted by atomic mass is 9.90. The van der Waals surface area contributed by atoms with Crippen molar-refractivity contribution in [2.75, 3.05) is 0 Å². The molecule has 0 aliphatic rings. The molecular weight excluding hydrogens is 240 g/mol. The monoisotopic (exact) mass is 281 g/mol. The molecule has 0 rings (SSSR count). The molecule has 20 heavy (non-hydrogen) atoms. The highest BCUT2D eigenvalue weighted by molar-refractivity contribution is 4.88. The number of rotatable bonds is 16. The lowest BCUT2D eigenvalue weighted by Gasteiger charge is -2.15. The Morgan fingerprint density at radius 1 is 0.400 bits per heavy atom. The van der Waals surface area contributed by atoms with Crippen LogP contribution < -0.4 is 0 Å². The molecule has 0 aromatic carbocycles. The smallest absolute Gasteiger partial charge is 0.0241 e. The lowest BCUT2D eigenvalue weighted by Crippen LogP contribution is -1.98. The molecule has 0 aliphatic heterocycles. The highest BCUT2D eigenvalue weighted by Gasteiger charge is 2.07. The van der Waals surface area contributed by atoms with Gasteiger partial charge in [0.05, 0.1) is 0 Å². The van der Waals surface area contributed by atoms with E-state index in [9.17, 15) is 0 Å². The number of unbranched alkanes of at least 4 members (excludes halogenated alkanes) is 10. The molecule has 0 saturated carbocycles. The number of hydrogen-bond acceptors (Lipinski definition) is 0. The zero-order chi connectivity index (χ0) is 14.9. The third-order valence-electron chi connectivity index (χ3n) is 4.37. The van der Waals surface area contributed by atoms with Gasteiger partial charge in [0.25, 0.3) is 0 Å². The van der Waals surface area contributed by atoms with Crippen molar-refractivity contribution in [1.29, 1.82) is 0 Å². The summed E-state index contributed by atoms with van der Waals surface area (Å²) < 4.78 is 0. The zero-order valence-electron chi connectivity index (χ0n) is 14.8. The fourth-order valence-corrected chi connectivity index (χ4v) is 3.04. The molecule has 1 radical (unpaired) electrons. The highest BCUT2D eigenvalue weighted by atomic mass is 14.1. The molecule has 0 heterocycles. The summed E-state index contributed by atoms with van der Waals surface area (Å²) in [4.78, 5) is 0. The maximum atomic E-state index is 2.34. The first kappa shape index (κ1) is 20.0. The summed E-state index contributed by atoms with van der Waals surface area (Å²) in [7, 11) is 0. The van der Waals surface area contributed by atoms with Gasteiger partial charge in [0, 0.05) is 0 Å². The molecule has 0 aliphatic carbocycles. The first-order chi connectivity index (χ1) is 9.85. The lowest BCUT2D eigenvalue weighted by molar-refractivity contribution is 0.531. The van der Waals surface area contributed by atoms with E-state index in [-0.39, 0.29) is 0 Å². The van der Waals surface area contributed by atoms with Gasteiger partial charge in [-0.3, -0.25) is 0 Å². The Morgan fingerprint density at radius 3 is 1.20 bits per heavy atom. The Hall–Kier alpha value is 0. The van der Waals surface area contributed by atoms with Gasteiger partial charge >= 0.3 is 0 Å². The van der Waals surface area contributed by atoms with Gasteiger partial charge in [0.2, 0.25) is 0 Å². The van der Waals surface area contributed by atoms with Crippen molar-refractivity contribution in [3.8, 4) is 0 Å². The van der Waals surface area contributed by atoms with Crippen LogP contribution >= 0.6 is 0 Å². The maximum Gasteiger partial charge on any atom is -0.0241 e. The second kappa shape index (κ2) is 17.1. The van der Waals surface area contributed by atoms with Gasteiger partial charge in [-0.25, -0.2) is 0 Å². The van der Waals surface area contributed by atoms with Crippen LogP contribution in [0.1, 0.15) is 124 Å². The van der Waals surface area contributed by atoms with Gasteiger partial charge in [0.1, 0.15) is 0 Å². The van der Waals surface area contributed by atoms with Crippen LogP contribution in [-0.4, -0.2) is 0 Å². The van der Waals surface area contributed by atoms with Crippen LogP contribution in [0.15, 0.2) is 0 Å². The quantitative estimate of drug-likeness (QED) is 0.252. The molecule has 0 saturated heterocycles. The summed E-state index contributed by atoms with van der Waals surface area (Å²) in [6.45, 7) is 6.93. The SMILES string of the molecule is CCCCCCCC[C](CCC)CCCCCCCC. The van der Waals surface area contributed by atoms with Crippen molar-refractivity contribution in [2.24, 2.45) is 0 Å². The van der Waals surface area contributed by atoms with E-state index in [2.05, 4.69) is 20.8 Å². The molecule has 0 aromatic rings. The van der Waals surface area contributed by atoms with Crippen LogP contribution in [-0.2, 0) is 0 Å². The molecular formula is C20H41. The van der Waals surface area contributed by atoms with Crippen LogP contribution in [0.3, 0.4) is 0 Å². The standard InChI is InChI=1S/C20H41/c1-4-7-9-11-13-15-18-20(17-6-3)19-16-14-12-10-8-5-2/h4-19H2,1-3H3. The predicted molar refractivity (Wildman–Crippen MR) is 94.1 cm³/mol. The maximum absolute atomic E-state index is 2.34. The van der Waals surface area contributed by atoms with E-state index in [0.29, 0.717) is 0 Å². The summed E-state index contributed by atoms with van der Waals surface area (Å²) in [5.74, 6) is 1.87. The molecule has 0 amide bonds. The van der Waals surface area contributed by atoms with E-state index in [0.717, 1.165) is 0 Å². The van der Waals surface area contributed by atoms with Gasteiger partial charge < -0.3 is 0 Å². The third kappa shape index (κ3) is 14.4. The van der Waals surface area contributed by atoms with Crippen LogP contribution in [0.4, 0.5) is 0 Å². The van der Waals surface area contributed by atoms with Crippen LogP contribution in [0, 0.1) is 5.92 Å². The summed E-state index contributed by atoms with van der Waals surface area (Å²) in [5, 5.41) is 0. The van der Waals surface area contributed by atoms with Crippen molar-refractivity contribution in [1.82, 2.24) is 0 Å². The largest absolute Gasteiger partial charge is 0.0654 e. The molecule has 0 heteroatoms. The summed E-state index contributed by atoms with van der Waals surface area (Å²) >= 11 is 0. The van der Waals surface area contributed by atoms with E-state index in [1.54, 1.807) is 0 Å². The number of hydrogen-bond donors (Lipinski definition) is 0. The van der Waals surface area contributed by atoms with Crippen molar-refractivity contribution >= 4 is 0 Å². The van der Waals surface area contributed by atoms with Gasteiger partial charge in [-0.2, -0.15) is 0 Å². The van der Waals surface area contributed by atoms with Crippen LogP contribution in [0.25, 0.3) is 0 Å². The minimum atomic E-state index is 1.35. The minimum absolute atomic E-state index is 1.35. The van der Waals surface area contributed by atoms with E-state index >= 15 is 0 Å². The van der Waals surface area contributed by atoms with E-state index < -0.39 is 0 Å². The Kier molecular flexibility index (Phi) is 17.1. The average molecular weight is 282 g/mol. The van der Waals surface area contributed by atoms with Gasteiger partial charge in [-0.15, -0.1) is 0 Å². The topological polar surface area (TPSA) is 0 Å². The predicted octanol–water partition coefficient (Wildman–Crippen LogP) is 7.86. The first-order valence-corrected chi connectivity index (χ1v) is 9.68. The molecule has 0 unspecified atom stereocenters. The van der Waals surface area contributed by atoms with Gasteiger partial charge in [-0.1, -0.05) is 104 Å².